The van der Waals surface area contributed by atoms with Crippen LogP contribution < -0.4 is 0 Å². The van der Waals surface area contributed by atoms with Crippen LogP contribution >= 0.6 is 11.3 Å². The summed E-state index contributed by atoms with van der Waals surface area (Å²) in [6, 6.07) is 21.0. The molecule has 1 unspecified atom stereocenters. The maximum Gasteiger partial charge on any atom is 0.124 e. The summed E-state index contributed by atoms with van der Waals surface area (Å²) in [6.07, 6.45) is 0.0682. The van der Waals surface area contributed by atoms with Crippen molar-refractivity contribution in [2.45, 2.75) is 19.6 Å². The SMILES string of the molecule is Cc1sc(C2CN(Cc3ccccc3)CCO2)nc1-c1ccccc1. The summed E-state index contributed by atoms with van der Waals surface area (Å²) in [4.78, 5) is 8.63. The summed E-state index contributed by atoms with van der Waals surface area (Å²) in [5, 5.41) is 1.09. The lowest BCUT2D eigenvalue weighted by Gasteiger charge is -2.32. The molecule has 0 radical (unpaired) electrons. The molecule has 4 rings (SSSR count). The molecule has 1 aliphatic heterocycles. The Balaban J connectivity index is 1.50. The first-order valence-electron chi connectivity index (χ1n) is 8.70. The van der Waals surface area contributed by atoms with Crippen molar-refractivity contribution in [1.82, 2.24) is 9.88 Å². The van der Waals surface area contributed by atoms with Gasteiger partial charge in [-0.3, -0.25) is 4.90 Å². The Morgan fingerprint density at radius 1 is 1.08 bits per heavy atom. The number of hydrogen-bond acceptors (Lipinski definition) is 4. The first-order valence-corrected chi connectivity index (χ1v) is 9.52. The maximum absolute atomic E-state index is 6.04. The third kappa shape index (κ3) is 3.82. The van der Waals surface area contributed by atoms with Crippen molar-refractivity contribution in [1.29, 1.82) is 0 Å². The summed E-state index contributed by atoms with van der Waals surface area (Å²) in [5.41, 5.74) is 3.62. The summed E-state index contributed by atoms with van der Waals surface area (Å²) < 4.78 is 6.04. The van der Waals surface area contributed by atoms with Crippen LogP contribution in [-0.2, 0) is 11.3 Å². The number of ether oxygens (including phenoxy) is 1. The van der Waals surface area contributed by atoms with Gasteiger partial charge in [-0.25, -0.2) is 4.98 Å². The third-order valence-corrected chi connectivity index (χ3v) is 5.60. The summed E-state index contributed by atoms with van der Waals surface area (Å²) >= 11 is 1.76. The summed E-state index contributed by atoms with van der Waals surface area (Å²) in [5.74, 6) is 0. The van der Waals surface area contributed by atoms with Crippen LogP contribution in [0.5, 0.6) is 0 Å². The van der Waals surface area contributed by atoms with Gasteiger partial charge < -0.3 is 4.74 Å². The number of thiazole rings is 1. The number of aryl methyl sites for hydroxylation is 1. The fourth-order valence-electron chi connectivity index (χ4n) is 3.26. The topological polar surface area (TPSA) is 25.4 Å². The van der Waals surface area contributed by atoms with E-state index in [1.807, 2.05) is 6.07 Å². The predicted octanol–water partition coefficient (Wildman–Crippen LogP) is 4.69. The van der Waals surface area contributed by atoms with Crippen LogP contribution in [-0.4, -0.2) is 29.6 Å². The molecular formula is C21H22N2OS. The normalized spacial score (nSPS) is 18.4. The molecule has 128 valence electrons. The largest absolute Gasteiger partial charge is 0.368 e. The minimum Gasteiger partial charge on any atom is -0.368 e. The third-order valence-electron chi connectivity index (χ3n) is 4.54. The zero-order chi connectivity index (χ0) is 17.1. The molecule has 3 nitrogen and oxygen atoms in total. The van der Waals surface area contributed by atoms with Crippen molar-refractivity contribution >= 4 is 11.3 Å². The van der Waals surface area contributed by atoms with Gasteiger partial charge in [0.25, 0.3) is 0 Å². The molecule has 1 saturated heterocycles. The van der Waals surface area contributed by atoms with Crippen LogP contribution in [0.1, 0.15) is 21.6 Å². The van der Waals surface area contributed by atoms with Crippen LogP contribution in [0.2, 0.25) is 0 Å². The fourth-order valence-corrected chi connectivity index (χ4v) is 4.24. The van der Waals surface area contributed by atoms with E-state index in [1.54, 1.807) is 11.3 Å². The average Bonchev–Trinajstić information content (AvgIpc) is 3.05. The van der Waals surface area contributed by atoms with Crippen LogP contribution in [0, 0.1) is 6.92 Å². The van der Waals surface area contributed by atoms with Gasteiger partial charge in [0.2, 0.25) is 0 Å². The highest BCUT2D eigenvalue weighted by atomic mass is 32.1. The van der Waals surface area contributed by atoms with Crippen LogP contribution in [0.15, 0.2) is 60.7 Å². The molecule has 1 aliphatic rings. The second-order valence-corrected chi connectivity index (χ2v) is 7.64. The second kappa shape index (κ2) is 7.48. The lowest BCUT2D eigenvalue weighted by atomic mass is 10.1. The van der Waals surface area contributed by atoms with Crippen LogP contribution in [0.4, 0.5) is 0 Å². The van der Waals surface area contributed by atoms with Gasteiger partial charge in [-0.15, -0.1) is 11.3 Å². The highest BCUT2D eigenvalue weighted by Crippen LogP contribution is 2.33. The van der Waals surface area contributed by atoms with E-state index in [0.717, 1.165) is 36.9 Å². The Morgan fingerprint density at radius 3 is 2.56 bits per heavy atom. The molecule has 0 spiro atoms. The number of rotatable bonds is 4. The van der Waals surface area contributed by atoms with Gasteiger partial charge in [0.15, 0.2) is 0 Å². The highest BCUT2D eigenvalue weighted by Gasteiger charge is 2.25. The molecule has 3 aromatic rings. The predicted molar refractivity (Wildman–Crippen MR) is 103 cm³/mol. The second-order valence-electron chi connectivity index (χ2n) is 6.40. The molecule has 2 heterocycles. The molecule has 0 saturated carbocycles. The molecule has 0 aliphatic carbocycles. The Bertz CT molecular complexity index is 816. The monoisotopic (exact) mass is 350 g/mol. The van der Waals surface area contributed by atoms with E-state index in [1.165, 1.54) is 16.0 Å². The van der Waals surface area contributed by atoms with Crippen molar-refractivity contribution in [2.75, 3.05) is 19.7 Å². The lowest BCUT2D eigenvalue weighted by molar-refractivity contribution is -0.0329. The van der Waals surface area contributed by atoms with Crippen molar-refractivity contribution in [3.05, 3.63) is 76.1 Å². The van der Waals surface area contributed by atoms with E-state index in [-0.39, 0.29) is 6.10 Å². The molecule has 25 heavy (non-hydrogen) atoms. The Morgan fingerprint density at radius 2 is 1.80 bits per heavy atom. The first kappa shape index (κ1) is 16.5. The van der Waals surface area contributed by atoms with Crippen molar-refractivity contribution in [3.8, 4) is 11.3 Å². The molecule has 1 atom stereocenters. The molecule has 0 bridgehead atoms. The number of aromatic nitrogens is 1. The molecule has 1 aromatic heterocycles. The van der Waals surface area contributed by atoms with Gasteiger partial charge in [0.05, 0.1) is 12.3 Å². The van der Waals surface area contributed by atoms with E-state index < -0.39 is 0 Å². The van der Waals surface area contributed by atoms with Crippen molar-refractivity contribution in [3.63, 3.8) is 0 Å². The lowest BCUT2D eigenvalue weighted by Crippen LogP contribution is -2.37. The van der Waals surface area contributed by atoms with E-state index in [0.29, 0.717) is 0 Å². The number of morpholine rings is 1. The Labute approximate surface area is 152 Å². The molecule has 0 N–H and O–H groups in total. The van der Waals surface area contributed by atoms with Crippen molar-refractivity contribution in [2.24, 2.45) is 0 Å². The molecule has 1 fully saturated rings. The average molecular weight is 350 g/mol. The summed E-state index contributed by atoms with van der Waals surface area (Å²) in [6.45, 7) is 5.75. The van der Waals surface area contributed by atoms with E-state index in [2.05, 4.69) is 66.4 Å². The minimum absolute atomic E-state index is 0.0682. The molecule has 0 amide bonds. The van der Waals surface area contributed by atoms with Gasteiger partial charge >= 0.3 is 0 Å². The van der Waals surface area contributed by atoms with Crippen molar-refractivity contribution < 1.29 is 4.74 Å². The van der Waals surface area contributed by atoms with Gasteiger partial charge in [-0.05, 0) is 12.5 Å². The minimum atomic E-state index is 0.0682. The van der Waals surface area contributed by atoms with Gasteiger partial charge in [0.1, 0.15) is 11.1 Å². The van der Waals surface area contributed by atoms with E-state index >= 15 is 0 Å². The number of nitrogens with zero attached hydrogens (tertiary/aromatic N) is 2. The van der Waals surface area contributed by atoms with E-state index in [4.69, 9.17) is 9.72 Å². The number of benzene rings is 2. The fraction of sp³-hybridized carbons (Fsp3) is 0.286. The molecule has 4 heteroatoms. The van der Waals surface area contributed by atoms with Crippen LogP contribution in [0.3, 0.4) is 0 Å². The van der Waals surface area contributed by atoms with Crippen LogP contribution in [0.25, 0.3) is 11.3 Å². The van der Waals surface area contributed by atoms with Gasteiger partial charge in [-0.2, -0.15) is 0 Å². The summed E-state index contributed by atoms with van der Waals surface area (Å²) in [7, 11) is 0. The smallest absolute Gasteiger partial charge is 0.124 e. The first-order chi connectivity index (χ1) is 12.3. The quantitative estimate of drug-likeness (QED) is 0.682. The molecule has 2 aromatic carbocycles. The molecular weight excluding hydrogens is 328 g/mol. The Hall–Kier alpha value is -2.01. The van der Waals surface area contributed by atoms with E-state index in [9.17, 15) is 0 Å². The zero-order valence-corrected chi connectivity index (χ0v) is 15.2. The maximum atomic E-state index is 6.04. The Kier molecular flexibility index (Phi) is 4.92. The van der Waals surface area contributed by atoms with Gasteiger partial charge in [-0.1, -0.05) is 60.7 Å². The zero-order valence-electron chi connectivity index (χ0n) is 14.4. The standard InChI is InChI=1S/C21H22N2OS/c1-16-20(18-10-6-3-7-11-18)22-21(25-16)19-15-23(12-13-24-19)14-17-8-4-2-5-9-17/h2-11,19H,12-15H2,1H3. The number of hydrogen-bond donors (Lipinski definition) is 0. The highest BCUT2D eigenvalue weighted by molar-refractivity contribution is 7.12. The van der Waals surface area contributed by atoms with Gasteiger partial charge in [0, 0.05) is 30.1 Å².